The summed E-state index contributed by atoms with van der Waals surface area (Å²) in [5, 5.41) is 1.54. The zero-order valence-electron chi connectivity index (χ0n) is 18.0. The molecule has 4 nitrogen and oxygen atoms in total. The van der Waals surface area contributed by atoms with Gasteiger partial charge in [-0.05, 0) is 48.7 Å². The standard InChI is InChI=1S/C22H20Cl2F6N2O2/c1-12(2)5-6-32(19(33)11-23)16-8-13(7-14(9-16)21(25,26)27)20(34)31-15-3-4-18(24)17(10-15)22(28,29)30/h3-4,7-10,12H,5-6,11H2,1-2H3,(H,31,34). The molecule has 0 aromatic heterocycles. The van der Waals surface area contributed by atoms with Gasteiger partial charge < -0.3 is 10.2 Å². The third-order valence-corrected chi connectivity index (χ3v) is 5.25. The molecule has 0 atom stereocenters. The largest absolute Gasteiger partial charge is 0.417 e. The number of carbonyl (C=O) groups excluding carboxylic acids is 2. The Balaban J connectivity index is 2.50. The molecule has 2 rings (SSSR count). The summed E-state index contributed by atoms with van der Waals surface area (Å²) in [4.78, 5) is 26.1. The Morgan fingerprint density at radius 2 is 1.65 bits per heavy atom. The molecule has 2 amide bonds. The Bertz CT molecular complexity index is 1050. The van der Waals surface area contributed by atoms with E-state index < -0.39 is 51.8 Å². The maximum atomic E-state index is 13.5. The Labute approximate surface area is 201 Å². The molecule has 0 saturated carbocycles. The van der Waals surface area contributed by atoms with Crippen molar-refractivity contribution in [3.05, 3.63) is 58.1 Å². The molecule has 0 aliphatic rings. The number of rotatable bonds is 7. The summed E-state index contributed by atoms with van der Waals surface area (Å²) in [7, 11) is 0. The van der Waals surface area contributed by atoms with E-state index in [-0.39, 0.29) is 23.8 Å². The van der Waals surface area contributed by atoms with E-state index in [2.05, 4.69) is 5.32 Å². The number of hydrogen-bond donors (Lipinski definition) is 1. The predicted molar refractivity (Wildman–Crippen MR) is 118 cm³/mol. The molecule has 0 bridgehead atoms. The number of hydrogen-bond acceptors (Lipinski definition) is 2. The van der Waals surface area contributed by atoms with Crippen LogP contribution in [0.4, 0.5) is 37.7 Å². The van der Waals surface area contributed by atoms with Gasteiger partial charge in [0.05, 0.1) is 16.1 Å². The van der Waals surface area contributed by atoms with Crippen molar-refractivity contribution in [2.45, 2.75) is 32.6 Å². The van der Waals surface area contributed by atoms with Crippen LogP contribution in [0.25, 0.3) is 0 Å². The zero-order valence-corrected chi connectivity index (χ0v) is 19.5. The molecule has 0 radical (unpaired) electrons. The number of nitrogens with zero attached hydrogens (tertiary/aromatic N) is 1. The SMILES string of the molecule is CC(C)CCN(C(=O)CCl)c1cc(C(=O)Nc2ccc(Cl)c(C(F)(F)F)c2)cc(C(F)(F)F)c1. The summed E-state index contributed by atoms with van der Waals surface area (Å²) in [6, 6.07) is 4.87. The van der Waals surface area contributed by atoms with Crippen molar-refractivity contribution in [1.29, 1.82) is 0 Å². The normalized spacial score (nSPS) is 12.1. The summed E-state index contributed by atoms with van der Waals surface area (Å²) < 4.78 is 79.8. The molecule has 12 heteroatoms. The van der Waals surface area contributed by atoms with E-state index in [0.717, 1.165) is 23.1 Å². The first kappa shape index (κ1) is 27.8. The fourth-order valence-electron chi connectivity index (χ4n) is 2.94. The van der Waals surface area contributed by atoms with Gasteiger partial charge in [0, 0.05) is 23.5 Å². The van der Waals surface area contributed by atoms with Gasteiger partial charge in [0.25, 0.3) is 5.91 Å². The third kappa shape index (κ3) is 7.27. The summed E-state index contributed by atoms with van der Waals surface area (Å²) in [6.07, 6.45) is -9.21. The van der Waals surface area contributed by atoms with Crippen molar-refractivity contribution < 1.29 is 35.9 Å². The number of nitrogens with one attached hydrogen (secondary N) is 1. The van der Waals surface area contributed by atoms with Crippen LogP contribution in [0.2, 0.25) is 5.02 Å². The van der Waals surface area contributed by atoms with Crippen LogP contribution >= 0.6 is 23.2 Å². The first-order valence-corrected chi connectivity index (χ1v) is 10.8. The highest BCUT2D eigenvalue weighted by Crippen LogP contribution is 2.37. The van der Waals surface area contributed by atoms with Gasteiger partial charge in [-0.3, -0.25) is 9.59 Å². The van der Waals surface area contributed by atoms with Crippen molar-refractivity contribution in [3.8, 4) is 0 Å². The highest BCUT2D eigenvalue weighted by molar-refractivity contribution is 6.31. The number of alkyl halides is 7. The van der Waals surface area contributed by atoms with Crippen molar-refractivity contribution in [2.24, 2.45) is 5.92 Å². The van der Waals surface area contributed by atoms with Crippen molar-refractivity contribution >= 4 is 46.4 Å². The monoisotopic (exact) mass is 528 g/mol. The van der Waals surface area contributed by atoms with Gasteiger partial charge in [0.1, 0.15) is 5.88 Å². The molecule has 0 unspecified atom stereocenters. The minimum atomic E-state index is -4.86. The number of amides is 2. The topological polar surface area (TPSA) is 49.4 Å². The average Bonchev–Trinajstić information content (AvgIpc) is 2.73. The zero-order chi connectivity index (χ0) is 25.8. The van der Waals surface area contributed by atoms with Crippen molar-refractivity contribution in [3.63, 3.8) is 0 Å². The van der Waals surface area contributed by atoms with E-state index in [9.17, 15) is 35.9 Å². The second-order valence-electron chi connectivity index (χ2n) is 7.77. The lowest BCUT2D eigenvalue weighted by molar-refractivity contribution is -0.138. The second-order valence-corrected chi connectivity index (χ2v) is 8.45. The van der Waals surface area contributed by atoms with E-state index in [1.807, 2.05) is 13.8 Å². The highest BCUT2D eigenvalue weighted by Gasteiger charge is 2.34. The van der Waals surface area contributed by atoms with E-state index in [4.69, 9.17) is 23.2 Å². The van der Waals surface area contributed by atoms with Crippen LogP contribution in [0.15, 0.2) is 36.4 Å². The molecule has 0 saturated heterocycles. The lowest BCUT2D eigenvalue weighted by Gasteiger charge is -2.24. The van der Waals surface area contributed by atoms with Gasteiger partial charge in [0.15, 0.2) is 0 Å². The Hall–Kier alpha value is -2.46. The van der Waals surface area contributed by atoms with Gasteiger partial charge in [-0.2, -0.15) is 26.3 Å². The summed E-state index contributed by atoms with van der Waals surface area (Å²) in [6.45, 7) is 3.77. The lowest BCUT2D eigenvalue weighted by atomic mass is 10.1. The smallest absolute Gasteiger partial charge is 0.322 e. The second kappa shape index (κ2) is 10.9. The summed E-state index contributed by atoms with van der Waals surface area (Å²) in [5.41, 5.74) is -3.47. The van der Waals surface area contributed by atoms with E-state index >= 15 is 0 Å². The van der Waals surface area contributed by atoms with Crippen LogP contribution in [-0.2, 0) is 17.1 Å². The van der Waals surface area contributed by atoms with Gasteiger partial charge in [-0.15, -0.1) is 11.6 Å². The molecule has 0 aliphatic carbocycles. The molecule has 0 aliphatic heterocycles. The van der Waals surface area contributed by atoms with Crippen LogP contribution in [0.5, 0.6) is 0 Å². The van der Waals surface area contributed by atoms with Gasteiger partial charge in [-0.25, -0.2) is 0 Å². The minimum Gasteiger partial charge on any atom is -0.322 e. The van der Waals surface area contributed by atoms with E-state index in [0.29, 0.717) is 24.6 Å². The highest BCUT2D eigenvalue weighted by atomic mass is 35.5. The predicted octanol–water partition coefficient (Wildman–Crippen LogP) is 7.25. The van der Waals surface area contributed by atoms with Crippen LogP contribution in [-0.4, -0.2) is 24.2 Å². The Kier molecular flexibility index (Phi) is 8.87. The number of benzene rings is 2. The molecule has 0 heterocycles. The van der Waals surface area contributed by atoms with Crippen LogP contribution in [0, 0.1) is 5.92 Å². The van der Waals surface area contributed by atoms with Gasteiger partial charge in [-0.1, -0.05) is 25.4 Å². The van der Waals surface area contributed by atoms with Crippen LogP contribution < -0.4 is 10.2 Å². The van der Waals surface area contributed by atoms with E-state index in [1.54, 1.807) is 0 Å². The summed E-state index contributed by atoms with van der Waals surface area (Å²) >= 11 is 11.2. The fourth-order valence-corrected chi connectivity index (χ4v) is 3.31. The molecule has 2 aromatic carbocycles. The number of halogens is 8. The van der Waals surface area contributed by atoms with E-state index in [1.165, 1.54) is 0 Å². The van der Waals surface area contributed by atoms with Crippen LogP contribution in [0.1, 0.15) is 41.8 Å². The summed E-state index contributed by atoms with van der Waals surface area (Å²) in [5.74, 6) is -2.15. The van der Waals surface area contributed by atoms with Gasteiger partial charge >= 0.3 is 12.4 Å². The maximum absolute atomic E-state index is 13.5. The third-order valence-electron chi connectivity index (χ3n) is 4.69. The average molecular weight is 529 g/mol. The van der Waals surface area contributed by atoms with Crippen LogP contribution in [0.3, 0.4) is 0 Å². The quantitative estimate of drug-likeness (QED) is 0.304. The molecule has 186 valence electrons. The van der Waals surface area contributed by atoms with Gasteiger partial charge in [0.2, 0.25) is 5.91 Å². The first-order valence-electron chi connectivity index (χ1n) is 9.90. The number of carbonyl (C=O) groups is 2. The fraction of sp³-hybridized carbons (Fsp3) is 0.364. The molecular weight excluding hydrogens is 509 g/mol. The van der Waals surface area contributed by atoms with Crippen molar-refractivity contribution in [1.82, 2.24) is 0 Å². The first-order chi connectivity index (χ1) is 15.6. The Morgan fingerprint density at radius 1 is 1.00 bits per heavy atom. The maximum Gasteiger partial charge on any atom is 0.417 e. The van der Waals surface area contributed by atoms with Crippen molar-refractivity contribution in [2.75, 3.05) is 22.6 Å². The lowest BCUT2D eigenvalue weighted by Crippen LogP contribution is -2.34. The minimum absolute atomic E-state index is 0.0533. The molecule has 2 aromatic rings. The Morgan fingerprint density at radius 3 is 2.18 bits per heavy atom. The molecule has 0 fully saturated rings. The molecule has 34 heavy (non-hydrogen) atoms. The molecular formula is C22H20Cl2F6N2O2. The molecule has 1 N–H and O–H groups in total. The number of anilines is 2. The molecule has 0 spiro atoms.